The van der Waals surface area contributed by atoms with Gasteiger partial charge in [0.1, 0.15) is 0 Å². The van der Waals surface area contributed by atoms with Crippen LogP contribution in [0.1, 0.15) is 0 Å². The summed E-state index contributed by atoms with van der Waals surface area (Å²) in [6.07, 6.45) is -7.59. The van der Waals surface area contributed by atoms with Crippen molar-refractivity contribution in [3.63, 3.8) is 0 Å². The van der Waals surface area contributed by atoms with Crippen molar-refractivity contribution in [2.45, 2.75) is 6.11 Å². The minimum Gasteiger partial charge on any atom is -0.400 e. The van der Waals surface area contributed by atoms with Crippen molar-refractivity contribution in [3.05, 3.63) is 12.1 Å². The van der Waals surface area contributed by atoms with Gasteiger partial charge in [-0.2, -0.15) is 22.0 Å². The van der Waals surface area contributed by atoms with E-state index in [4.69, 9.17) is 0 Å². The number of rotatable bonds is 3. The van der Waals surface area contributed by atoms with E-state index in [-0.39, 0.29) is 0 Å². The Bertz CT molecular complexity index is 160. The van der Waals surface area contributed by atoms with Gasteiger partial charge in [0.2, 0.25) is 0 Å². The third kappa shape index (κ3) is 3.74. The van der Waals surface area contributed by atoms with Crippen LogP contribution in [0.3, 0.4) is 0 Å². The third-order valence-corrected chi connectivity index (χ3v) is 0.543. The van der Waals surface area contributed by atoms with Crippen LogP contribution in [0.15, 0.2) is 12.1 Å². The molecule has 0 aromatic heterocycles. The van der Waals surface area contributed by atoms with E-state index in [0.717, 1.165) is 0 Å². The van der Waals surface area contributed by atoms with Gasteiger partial charge in [0.05, 0.1) is 0 Å². The minimum atomic E-state index is -4.53. The highest BCUT2D eigenvalue weighted by Gasteiger charge is 2.34. The number of hydrogen-bond donors (Lipinski definition) is 0. The zero-order valence-corrected chi connectivity index (χ0v) is 4.88. The summed E-state index contributed by atoms with van der Waals surface area (Å²) < 4.78 is 70.3. The number of alkyl halides is 3. The third-order valence-electron chi connectivity index (χ3n) is 0.543. The molecule has 0 saturated carbocycles. The van der Waals surface area contributed by atoms with Crippen LogP contribution in [-0.4, -0.2) is 12.8 Å². The Morgan fingerprint density at radius 2 is 1.64 bits per heavy atom. The van der Waals surface area contributed by atoms with Crippen LogP contribution in [0.4, 0.5) is 26.3 Å². The Morgan fingerprint density at radius 1 is 1.18 bits per heavy atom. The summed E-state index contributed by atoms with van der Waals surface area (Å²) in [5.74, 6) is 0. The first kappa shape index (κ1) is 10.1. The second kappa shape index (κ2) is 3.49. The second-order valence-corrected chi connectivity index (χ2v) is 1.41. The van der Waals surface area contributed by atoms with Crippen molar-refractivity contribution in [3.8, 4) is 0 Å². The van der Waals surface area contributed by atoms with E-state index >= 15 is 0 Å². The molecule has 0 unspecified atom stereocenters. The maximum Gasteiger partial charge on any atom is 0.428 e. The molecule has 0 bridgehead atoms. The van der Waals surface area contributed by atoms with Crippen molar-refractivity contribution in [2.24, 2.45) is 0 Å². The molecule has 0 aliphatic rings. The molecule has 0 radical (unpaired) electrons. The van der Waals surface area contributed by atoms with Crippen molar-refractivity contribution in [1.82, 2.24) is 0 Å². The van der Waals surface area contributed by atoms with Crippen molar-refractivity contribution >= 4 is 0 Å². The fourth-order valence-corrected chi connectivity index (χ4v) is 0.197. The van der Waals surface area contributed by atoms with Gasteiger partial charge in [0.15, 0.2) is 6.67 Å². The van der Waals surface area contributed by atoms with Gasteiger partial charge >= 0.3 is 18.2 Å². The molecule has 7 heteroatoms. The van der Waals surface area contributed by atoms with Crippen LogP contribution < -0.4 is 0 Å². The zero-order chi connectivity index (χ0) is 9.07. The van der Waals surface area contributed by atoms with Gasteiger partial charge in [-0.3, -0.25) is 0 Å². The summed E-state index contributed by atoms with van der Waals surface area (Å²) in [5.41, 5.74) is 0. The Labute approximate surface area is 57.3 Å². The summed E-state index contributed by atoms with van der Waals surface area (Å²) >= 11 is 0. The molecule has 0 aromatic rings. The summed E-state index contributed by atoms with van der Waals surface area (Å²) in [6, 6.07) is -2.77. The quantitative estimate of drug-likeness (QED) is 0.479. The van der Waals surface area contributed by atoms with E-state index in [1.807, 2.05) is 0 Å². The van der Waals surface area contributed by atoms with Crippen LogP contribution in [0, 0.1) is 0 Å². The lowest BCUT2D eigenvalue weighted by atomic mass is 10.7. The smallest absolute Gasteiger partial charge is 0.400 e. The van der Waals surface area contributed by atoms with Gasteiger partial charge in [-0.15, -0.1) is 0 Å². The summed E-state index contributed by atoms with van der Waals surface area (Å²) in [6.45, 7) is -2.37. The van der Waals surface area contributed by atoms with Gasteiger partial charge in [-0.05, 0) is 0 Å². The molecule has 0 spiro atoms. The summed E-state index contributed by atoms with van der Waals surface area (Å²) in [5, 5.41) is 0. The van der Waals surface area contributed by atoms with Gasteiger partial charge in [0, 0.05) is 0 Å². The Kier molecular flexibility index (Phi) is 3.21. The van der Waals surface area contributed by atoms with E-state index in [0.29, 0.717) is 0 Å². The predicted molar refractivity (Wildman–Crippen MR) is 22.4 cm³/mol. The molecule has 66 valence electrons. The van der Waals surface area contributed by atoms with Crippen LogP contribution >= 0.6 is 0 Å². The Balaban J connectivity index is 4.15. The van der Waals surface area contributed by atoms with Gasteiger partial charge in [0.25, 0.3) is 0 Å². The maximum absolute atomic E-state index is 11.6. The lowest BCUT2D eigenvalue weighted by Gasteiger charge is -2.10. The lowest BCUT2D eigenvalue weighted by molar-refractivity contribution is -0.236. The molecule has 0 aliphatic carbocycles. The predicted octanol–water partition coefficient (Wildman–Crippen LogP) is 2.60. The molecular weight excluding hydrogens is 178 g/mol. The first-order chi connectivity index (χ1) is 4.89. The Hall–Kier alpha value is -0.880. The molecule has 0 atom stereocenters. The molecule has 0 fully saturated rings. The average Bonchev–Trinajstić information content (AvgIpc) is 1.87. The normalized spacial score (nSPS) is 11.1. The first-order valence-corrected chi connectivity index (χ1v) is 2.22. The molecule has 0 N–H and O–H groups in total. The van der Waals surface area contributed by atoms with Crippen LogP contribution in [0.25, 0.3) is 0 Å². The van der Waals surface area contributed by atoms with Crippen LogP contribution in [-0.2, 0) is 4.74 Å². The topological polar surface area (TPSA) is 9.23 Å². The van der Waals surface area contributed by atoms with Crippen LogP contribution in [0.2, 0.25) is 0 Å². The minimum absolute atomic E-state index is 2.37. The maximum atomic E-state index is 11.6. The lowest BCUT2D eigenvalue weighted by Crippen LogP contribution is -2.22. The molecule has 11 heavy (non-hydrogen) atoms. The molecule has 0 aliphatic heterocycles. The van der Waals surface area contributed by atoms with Gasteiger partial charge in [-0.25, -0.2) is 4.39 Å². The molecule has 0 amide bonds. The highest BCUT2D eigenvalue weighted by atomic mass is 19.3. The Morgan fingerprint density at radius 3 is 1.91 bits per heavy atom. The largest absolute Gasteiger partial charge is 0.428 e. The molecule has 1 nitrogen and oxygen atoms in total. The van der Waals surface area contributed by atoms with E-state index in [2.05, 4.69) is 4.74 Å². The van der Waals surface area contributed by atoms with Crippen LogP contribution in [0.5, 0.6) is 0 Å². The van der Waals surface area contributed by atoms with E-state index in [9.17, 15) is 26.3 Å². The number of halogens is 6. The van der Waals surface area contributed by atoms with E-state index < -0.39 is 24.9 Å². The second-order valence-electron chi connectivity index (χ2n) is 1.41. The van der Waals surface area contributed by atoms with Crippen molar-refractivity contribution in [2.75, 3.05) is 6.67 Å². The fourth-order valence-electron chi connectivity index (χ4n) is 0.197. The highest BCUT2D eigenvalue weighted by Crippen LogP contribution is 2.23. The van der Waals surface area contributed by atoms with Gasteiger partial charge in [-0.1, -0.05) is 0 Å². The number of ether oxygens (including phenoxy) is 1. The van der Waals surface area contributed by atoms with Crippen molar-refractivity contribution in [1.29, 1.82) is 0 Å². The highest BCUT2D eigenvalue weighted by molar-refractivity contribution is 4.81. The van der Waals surface area contributed by atoms with E-state index in [1.165, 1.54) is 0 Å². The fraction of sp³-hybridized carbons (Fsp3) is 0.500. The van der Waals surface area contributed by atoms with E-state index in [1.54, 1.807) is 0 Å². The van der Waals surface area contributed by atoms with Gasteiger partial charge < -0.3 is 4.74 Å². The molecular formula is C4H2F6O. The standard InChI is InChI=1S/C4H2F6O/c5-1-4(9,10)11-3(8)2(6)7/h1H2. The summed E-state index contributed by atoms with van der Waals surface area (Å²) in [7, 11) is 0. The molecule has 0 aromatic carbocycles. The first-order valence-electron chi connectivity index (χ1n) is 2.22. The molecule has 0 heterocycles. The monoisotopic (exact) mass is 180 g/mol. The SMILES string of the molecule is FCC(F)(F)OC(F)=C(F)F. The van der Waals surface area contributed by atoms with Crippen molar-refractivity contribution < 1.29 is 31.1 Å². The summed E-state index contributed by atoms with van der Waals surface area (Å²) in [4.78, 5) is 0. The average molecular weight is 180 g/mol. The number of hydrogen-bond acceptors (Lipinski definition) is 1. The zero-order valence-electron chi connectivity index (χ0n) is 4.88. The molecule has 0 rings (SSSR count). The molecule has 0 saturated heterocycles.